The first-order valence-corrected chi connectivity index (χ1v) is 7.71. The number of pyridine rings is 1. The van der Waals surface area contributed by atoms with Gasteiger partial charge in [-0.3, -0.25) is 4.90 Å². The Hall–Kier alpha value is -1.39. The van der Waals surface area contributed by atoms with Crippen LogP contribution in [0.15, 0.2) is 30.6 Å². The maximum atomic E-state index is 6.05. The third kappa shape index (κ3) is 2.45. The lowest BCUT2D eigenvalue weighted by atomic mass is 9.92. The zero-order valence-electron chi connectivity index (χ0n) is 12.2. The first kappa shape index (κ1) is 13.6. The molecule has 4 nitrogen and oxygen atoms in total. The van der Waals surface area contributed by atoms with Crippen LogP contribution in [0.3, 0.4) is 0 Å². The van der Waals surface area contributed by atoms with E-state index in [-0.39, 0.29) is 0 Å². The summed E-state index contributed by atoms with van der Waals surface area (Å²) in [6, 6.07) is 6.52. The van der Waals surface area contributed by atoms with Crippen LogP contribution in [0.1, 0.15) is 37.9 Å². The van der Waals surface area contributed by atoms with Crippen molar-refractivity contribution >= 4 is 5.65 Å². The van der Waals surface area contributed by atoms with Gasteiger partial charge in [0.05, 0.1) is 11.7 Å². The number of rotatable bonds is 3. The predicted molar refractivity (Wildman–Crippen MR) is 81.6 cm³/mol. The van der Waals surface area contributed by atoms with Gasteiger partial charge in [0.25, 0.3) is 0 Å². The number of fused-ring (bicyclic) bond motifs is 1. The van der Waals surface area contributed by atoms with Gasteiger partial charge in [0.1, 0.15) is 5.65 Å². The summed E-state index contributed by atoms with van der Waals surface area (Å²) in [4.78, 5) is 7.39. The lowest BCUT2D eigenvalue weighted by molar-refractivity contribution is 0.163. The molecule has 0 amide bonds. The molecule has 2 N–H and O–H groups in total. The van der Waals surface area contributed by atoms with Crippen molar-refractivity contribution in [3.8, 4) is 0 Å². The molecule has 3 rings (SSSR count). The molecule has 3 heterocycles. The molecule has 0 spiro atoms. The standard InChI is InChI=1S/C16H24N4/c1-2-19-9-5-3-7-13(11-17)16(19)14-12-20-10-6-4-8-15(20)18-14/h4,6,8,10,12-13,16H,2-3,5,7,9,11,17H2,1H3. The largest absolute Gasteiger partial charge is 0.330 e. The summed E-state index contributed by atoms with van der Waals surface area (Å²) in [7, 11) is 0. The van der Waals surface area contributed by atoms with Crippen molar-refractivity contribution in [3.05, 3.63) is 36.3 Å². The Morgan fingerprint density at radius 2 is 2.25 bits per heavy atom. The second-order valence-corrected chi connectivity index (χ2v) is 5.70. The number of aromatic nitrogens is 2. The van der Waals surface area contributed by atoms with Crippen LogP contribution in [-0.4, -0.2) is 33.9 Å². The number of likely N-dealkylation sites (tertiary alicyclic amines) is 1. The Kier molecular flexibility index (Phi) is 4.03. The molecule has 2 aromatic heterocycles. The van der Waals surface area contributed by atoms with Crippen molar-refractivity contribution in [2.24, 2.45) is 11.7 Å². The van der Waals surface area contributed by atoms with E-state index < -0.39 is 0 Å². The van der Waals surface area contributed by atoms with E-state index in [1.807, 2.05) is 12.1 Å². The smallest absolute Gasteiger partial charge is 0.137 e. The van der Waals surface area contributed by atoms with Crippen LogP contribution in [-0.2, 0) is 0 Å². The minimum atomic E-state index is 0.368. The summed E-state index contributed by atoms with van der Waals surface area (Å²) >= 11 is 0. The maximum Gasteiger partial charge on any atom is 0.137 e. The first-order chi connectivity index (χ1) is 9.83. The van der Waals surface area contributed by atoms with E-state index in [1.54, 1.807) is 0 Å². The van der Waals surface area contributed by atoms with Crippen LogP contribution in [0.2, 0.25) is 0 Å². The van der Waals surface area contributed by atoms with Gasteiger partial charge in [-0.2, -0.15) is 0 Å². The summed E-state index contributed by atoms with van der Waals surface area (Å²) in [5, 5.41) is 0. The Bertz CT molecular complexity index is 515. The summed E-state index contributed by atoms with van der Waals surface area (Å²) in [6.07, 6.45) is 8.01. The Balaban J connectivity index is 2.01. The van der Waals surface area contributed by atoms with E-state index in [1.165, 1.54) is 25.0 Å². The molecular formula is C16H24N4. The third-order valence-corrected chi connectivity index (χ3v) is 4.50. The molecule has 2 atom stereocenters. The molecule has 0 radical (unpaired) electrons. The maximum absolute atomic E-state index is 6.05. The van der Waals surface area contributed by atoms with Crippen molar-refractivity contribution < 1.29 is 0 Å². The molecule has 20 heavy (non-hydrogen) atoms. The van der Waals surface area contributed by atoms with Crippen LogP contribution in [0.4, 0.5) is 0 Å². The zero-order valence-corrected chi connectivity index (χ0v) is 12.2. The highest BCUT2D eigenvalue weighted by molar-refractivity contribution is 5.40. The van der Waals surface area contributed by atoms with Gasteiger partial charge < -0.3 is 10.1 Å². The molecule has 108 valence electrons. The van der Waals surface area contributed by atoms with Gasteiger partial charge in [0, 0.05) is 12.4 Å². The van der Waals surface area contributed by atoms with Crippen molar-refractivity contribution in [1.82, 2.24) is 14.3 Å². The molecule has 0 aliphatic carbocycles. The molecule has 1 fully saturated rings. The number of hydrogen-bond acceptors (Lipinski definition) is 3. The molecule has 0 aromatic carbocycles. The Morgan fingerprint density at radius 1 is 1.35 bits per heavy atom. The summed E-state index contributed by atoms with van der Waals surface area (Å²) < 4.78 is 2.11. The van der Waals surface area contributed by atoms with Crippen molar-refractivity contribution in [2.75, 3.05) is 19.6 Å². The van der Waals surface area contributed by atoms with E-state index in [9.17, 15) is 0 Å². The van der Waals surface area contributed by atoms with Crippen LogP contribution < -0.4 is 5.73 Å². The quantitative estimate of drug-likeness (QED) is 0.933. The lowest BCUT2D eigenvalue weighted by Gasteiger charge is -2.32. The molecule has 2 unspecified atom stereocenters. The predicted octanol–water partition coefficient (Wildman–Crippen LogP) is 2.46. The Morgan fingerprint density at radius 3 is 3.00 bits per heavy atom. The number of nitrogens with two attached hydrogens (primary N) is 1. The highest BCUT2D eigenvalue weighted by Gasteiger charge is 2.31. The van der Waals surface area contributed by atoms with Crippen LogP contribution in [0, 0.1) is 5.92 Å². The van der Waals surface area contributed by atoms with Gasteiger partial charge in [0.2, 0.25) is 0 Å². The van der Waals surface area contributed by atoms with E-state index in [0.717, 1.165) is 25.3 Å². The average Bonchev–Trinajstić information content (AvgIpc) is 2.79. The minimum absolute atomic E-state index is 0.368. The van der Waals surface area contributed by atoms with Crippen molar-refractivity contribution in [2.45, 2.75) is 32.2 Å². The molecule has 1 aliphatic rings. The second kappa shape index (κ2) is 5.94. The average molecular weight is 272 g/mol. The van der Waals surface area contributed by atoms with E-state index >= 15 is 0 Å². The molecule has 1 aliphatic heterocycles. The van der Waals surface area contributed by atoms with Gasteiger partial charge >= 0.3 is 0 Å². The highest BCUT2D eigenvalue weighted by atomic mass is 15.2. The van der Waals surface area contributed by atoms with Crippen molar-refractivity contribution in [1.29, 1.82) is 0 Å². The minimum Gasteiger partial charge on any atom is -0.330 e. The van der Waals surface area contributed by atoms with Crippen LogP contribution in [0.25, 0.3) is 5.65 Å². The molecule has 2 aromatic rings. The number of hydrogen-bond donors (Lipinski definition) is 1. The van der Waals surface area contributed by atoms with Crippen LogP contribution >= 0.6 is 0 Å². The van der Waals surface area contributed by atoms with Gasteiger partial charge in [-0.05, 0) is 50.5 Å². The summed E-state index contributed by atoms with van der Waals surface area (Å²) in [5.41, 5.74) is 8.25. The van der Waals surface area contributed by atoms with Gasteiger partial charge in [0.15, 0.2) is 0 Å². The third-order valence-electron chi connectivity index (χ3n) is 4.50. The highest BCUT2D eigenvalue weighted by Crippen LogP contribution is 2.34. The first-order valence-electron chi connectivity index (χ1n) is 7.71. The molecule has 0 saturated carbocycles. The van der Waals surface area contributed by atoms with Gasteiger partial charge in [-0.25, -0.2) is 4.98 Å². The van der Waals surface area contributed by atoms with Gasteiger partial charge in [-0.15, -0.1) is 0 Å². The molecule has 4 heteroatoms. The Labute approximate surface area is 120 Å². The monoisotopic (exact) mass is 272 g/mol. The number of imidazole rings is 1. The topological polar surface area (TPSA) is 46.6 Å². The number of nitrogens with zero attached hydrogens (tertiary/aromatic N) is 3. The lowest BCUT2D eigenvalue weighted by Crippen LogP contribution is -2.35. The fourth-order valence-corrected chi connectivity index (χ4v) is 3.44. The normalized spacial score (nSPS) is 24.9. The summed E-state index contributed by atoms with van der Waals surface area (Å²) in [5.74, 6) is 0.516. The fourth-order valence-electron chi connectivity index (χ4n) is 3.44. The zero-order chi connectivity index (χ0) is 13.9. The van der Waals surface area contributed by atoms with Crippen molar-refractivity contribution in [3.63, 3.8) is 0 Å². The second-order valence-electron chi connectivity index (χ2n) is 5.70. The molecule has 0 bridgehead atoms. The van der Waals surface area contributed by atoms with E-state index in [2.05, 4.69) is 34.7 Å². The molecule has 1 saturated heterocycles. The summed E-state index contributed by atoms with van der Waals surface area (Å²) in [6.45, 7) is 5.21. The molecular weight excluding hydrogens is 248 g/mol. The van der Waals surface area contributed by atoms with E-state index in [0.29, 0.717) is 12.0 Å². The SMILES string of the molecule is CCN1CCCCC(CN)C1c1cn2ccccc2n1. The van der Waals surface area contributed by atoms with Crippen LogP contribution in [0.5, 0.6) is 0 Å². The van der Waals surface area contributed by atoms with E-state index in [4.69, 9.17) is 10.7 Å². The fraction of sp³-hybridized carbons (Fsp3) is 0.562. The van der Waals surface area contributed by atoms with Gasteiger partial charge in [-0.1, -0.05) is 19.4 Å².